The van der Waals surface area contributed by atoms with Gasteiger partial charge in [0.2, 0.25) is 0 Å². The Morgan fingerprint density at radius 3 is 2.33 bits per heavy atom. The fraction of sp³-hybridized carbons (Fsp3) is 0.100. The van der Waals surface area contributed by atoms with Crippen molar-refractivity contribution in [2.75, 3.05) is 5.32 Å². The lowest BCUT2D eigenvalue weighted by Gasteiger charge is -2.09. The van der Waals surface area contributed by atoms with Crippen LogP contribution < -0.4 is 10.1 Å². The minimum atomic E-state index is -4.83. The van der Waals surface area contributed by atoms with Gasteiger partial charge in [-0.3, -0.25) is 14.3 Å². The normalized spacial score (nSPS) is 10.9. The molecule has 0 saturated carbocycles. The zero-order chi connectivity index (χ0) is 21.9. The summed E-state index contributed by atoms with van der Waals surface area (Å²) in [6.45, 7) is 0. The van der Waals surface area contributed by atoms with Gasteiger partial charge in [-0.1, -0.05) is 24.3 Å². The Bertz CT molecular complexity index is 1130. The van der Waals surface area contributed by atoms with Crippen molar-refractivity contribution in [3.05, 3.63) is 65.2 Å². The molecule has 2 aromatic carbocycles. The van der Waals surface area contributed by atoms with E-state index in [4.69, 9.17) is 0 Å². The van der Waals surface area contributed by atoms with E-state index in [0.717, 1.165) is 24.3 Å². The van der Waals surface area contributed by atoms with Crippen molar-refractivity contribution in [3.63, 3.8) is 0 Å². The van der Waals surface area contributed by atoms with Crippen LogP contribution >= 0.6 is 0 Å². The minimum Gasteiger partial charge on any atom is -0.406 e. The number of hydrogen-bond acceptors (Lipinski definition) is 5. The summed E-state index contributed by atoms with van der Waals surface area (Å²) in [5.41, 5.74) is 1.66. The van der Waals surface area contributed by atoms with Crippen molar-refractivity contribution in [1.29, 1.82) is 5.26 Å². The van der Waals surface area contributed by atoms with E-state index in [0.29, 0.717) is 23.1 Å². The molecule has 0 aliphatic heterocycles. The highest BCUT2D eigenvalue weighted by Crippen LogP contribution is 2.29. The molecule has 0 bridgehead atoms. The lowest BCUT2D eigenvalue weighted by molar-refractivity contribution is -0.274. The highest BCUT2D eigenvalue weighted by atomic mass is 19.4. The largest absolute Gasteiger partial charge is 0.573 e. The molecule has 10 heteroatoms. The molecule has 0 unspecified atom stereocenters. The molecule has 30 heavy (non-hydrogen) atoms. The minimum absolute atomic E-state index is 0.00455. The van der Waals surface area contributed by atoms with Gasteiger partial charge in [-0.05, 0) is 24.3 Å². The first-order valence-electron chi connectivity index (χ1n) is 8.41. The lowest BCUT2D eigenvalue weighted by Crippen LogP contribution is -2.17. The molecule has 0 saturated heterocycles. The molecular formula is C20H13F3N4O3. The number of alkyl halides is 3. The van der Waals surface area contributed by atoms with Gasteiger partial charge in [0.05, 0.1) is 5.69 Å². The monoisotopic (exact) mass is 414 g/mol. The van der Waals surface area contributed by atoms with Crippen LogP contribution in [-0.2, 0) is 7.05 Å². The van der Waals surface area contributed by atoms with E-state index in [1.165, 1.54) is 4.68 Å². The molecule has 3 rings (SSSR count). The fourth-order valence-electron chi connectivity index (χ4n) is 2.76. The van der Waals surface area contributed by atoms with Gasteiger partial charge in [0, 0.05) is 23.7 Å². The number of nitriles is 1. The molecule has 0 spiro atoms. The number of benzene rings is 2. The Morgan fingerprint density at radius 1 is 1.17 bits per heavy atom. The zero-order valence-corrected chi connectivity index (χ0v) is 15.4. The number of rotatable bonds is 5. The number of anilines is 1. The van der Waals surface area contributed by atoms with Gasteiger partial charge in [0.1, 0.15) is 23.7 Å². The van der Waals surface area contributed by atoms with Crippen LogP contribution in [0.2, 0.25) is 0 Å². The Morgan fingerprint density at radius 2 is 1.80 bits per heavy atom. The molecule has 3 aromatic rings. The van der Waals surface area contributed by atoms with Crippen LogP contribution in [0.25, 0.3) is 11.3 Å². The zero-order valence-electron chi connectivity index (χ0n) is 15.4. The molecule has 1 N–H and O–H groups in total. The number of aromatic nitrogens is 2. The number of nitrogens with zero attached hydrogens (tertiary/aromatic N) is 3. The second kappa shape index (κ2) is 8.08. The van der Waals surface area contributed by atoms with Gasteiger partial charge in [0.25, 0.3) is 5.91 Å². The summed E-state index contributed by atoms with van der Waals surface area (Å²) in [6, 6.07) is 12.8. The van der Waals surface area contributed by atoms with Gasteiger partial charge in [-0.25, -0.2) is 0 Å². The number of hydrogen-bond donors (Lipinski definition) is 1. The molecule has 0 aliphatic carbocycles. The van der Waals surface area contributed by atoms with Crippen molar-refractivity contribution in [3.8, 4) is 23.1 Å². The number of carbonyl (C=O) groups excluding carboxylic acids is 2. The van der Waals surface area contributed by atoms with Crippen LogP contribution in [-0.4, -0.2) is 28.3 Å². The van der Waals surface area contributed by atoms with E-state index in [1.54, 1.807) is 31.3 Å². The first kappa shape index (κ1) is 20.6. The van der Waals surface area contributed by atoms with E-state index in [-0.39, 0.29) is 16.9 Å². The van der Waals surface area contributed by atoms with E-state index in [9.17, 15) is 28.0 Å². The molecule has 1 heterocycles. The van der Waals surface area contributed by atoms with Crippen LogP contribution in [0, 0.1) is 11.3 Å². The highest BCUT2D eigenvalue weighted by Gasteiger charge is 2.31. The second-order valence-electron chi connectivity index (χ2n) is 6.07. The first-order valence-corrected chi connectivity index (χ1v) is 8.41. The average molecular weight is 414 g/mol. The Hall–Kier alpha value is -4.13. The van der Waals surface area contributed by atoms with Crippen molar-refractivity contribution in [2.24, 2.45) is 7.05 Å². The van der Waals surface area contributed by atoms with Crippen molar-refractivity contribution < 1.29 is 27.5 Å². The summed E-state index contributed by atoms with van der Waals surface area (Å²) in [6.07, 6.45) is -4.14. The molecule has 0 radical (unpaired) electrons. The Balaban J connectivity index is 1.85. The van der Waals surface area contributed by atoms with Gasteiger partial charge in [0.15, 0.2) is 5.82 Å². The van der Waals surface area contributed by atoms with Crippen LogP contribution in [0.4, 0.5) is 19.0 Å². The maximum atomic E-state index is 12.4. The van der Waals surface area contributed by atoms with E-state index in [2.05, 4.69) is 15.2 Å². The topological polar surface area (TPSA) is 97.0 Å². The number of nitrogens with one attached hydrogen (secondary N) is 1. The molecule has 1 amide bonds. The van der Waals surface area contributed by atoms with Crippen molar-refractivity contribution in [2.45, 2.75) is 6.36 Å². The van der Waals surface area contributed by atoms with E-state index in [1.807, 2.05) is 6.07 Å². The molecule has 0 fully saturated rings. The van der Waals surface area contributed by atoms with Crippen LogP contribution in [0.15, 0.2) is 48.5 Å². The molecule has 152 valence electrons. The maximum absolute atomic E-state index is 12.4. The second-order valence-corrected chi connectivity index (χ2v) is 6.07. The predicted molar refractivity (Wildman–Crippen MR) is 99.8 cm³/mol. The van der Waals surface area contributed by atoms with E-state index < -0.39 is 18.0 Å². The summed E-state index contributed by atoms with van der Waals surface area (Å²) in [5, 5.41) is 16.2. The van der Waals surface area contributed by atoms with Crippen LogP contribution in [0.1, 0.15) is 26.3 Å². The summed E-state index contributed by atoms with van der Waals surface area (Å²) in [7, 11) is 1.59. The Labute approximate surface area is 168 Å². The summed E-state index contributed by atoms with van der Waals surface area (Å²) >= 11 is 0. The summed E-state index contributed by atoms with van der Waals surface area (Å²) in [5.74, 6) is -1.13. The van der Waals surface area contributed by atoms with Crippen LogP contribution in [0.5, 0.6) is 5.75 Å². The number of amides is 1. The SMILES string of the molecule is Cn1nc(NC(=O)c2ccc(OC(F)(F)F)cc2)c(C#N)c1-c1ccc(C=O)cc1. The molecule has 0 atom stereocenters. The van der Waals surface area contributed by atoms with Gasteiger partial charge >= 0.3 is 6.36 Å². The average Bonchev–Trinajstić information content (AvgIpc) is 3.02. The summed E-state index contributed by atoms with van der Waals surface area (Å²) < 4.78 is 41.9. The molecular weight excluding hydrogens is 401 g/mol. The lowest BCUT2D eigenvalue weighted by atomic mass is 10.1. The molecule has 0 aliphatic rings. The highest BCUT2D eigenvalue weighted by molar-refractivity contribution is 6.04. The number of aryl methyl sites for hydroxylation is 1. The van der Waals surface area contributed by atoms with Gasteiger partial charge < -0.3 is 10.1 Å². The fourth-order valence-corrected chi connectivity index (χ4v) is 2.76. The predicted octanol–water partition coefficient (Wildman–Crippen LogP) is 3.92. The first-order chi connectivity index (χ1) is 14.2. The number of carbonyl (C=O) groups is 2. The van der Waals surface area contributed by atoms with Gasteiger partial charge in [-0.15, -0.1) is 13.2 Å². The Kier molecular flexibility index (Phi) is 5.55. The molecule has 7 nitrogen and oxygen atoms in total. The maximum Gasteiger partial charge on any atom is 0.573 e. The quantitative estimate of drug-likeness (QED) is 0.639. The third-order valence-electron chi connectivity index (χ3n) is 4.06. The van der Waals surface area contributed by atoms with E-state index >= 15 is 0 Å². The third kappa shape index (κ3) is 4.47. The van der Waals surface area contributed by atoms with Crippen LogP contribution in [0.3, 0.4) is 0 Å². The van der Waals surface area contributed by atoms with Crippen molar-refractivity contribution >= 4 is 18.0 Å². The number of halogens is 3. The van der Waals surface area contributed by atoms with Gasteiger partial charge in [-0.2, -0.15) is 10.4 Å². The van der Waals surface area contributed by atoms with Crippen molar-refractivity contribution in [1.82, 2.24) is 9.78 Å². The standard InChI is InChI=1S/C20H13F3N4O3/c1-27-17(13-4-2-12(11-28)3-5-13)16(10-24)18(26-27)25-19(29)14-6-8-15(9-7-14)30-20(21,22)23/h2-9,11H,1H3,(H,25,26,29). The third-order valence-corrected chi connectivity index (χ3v) is 4.06. The number of ether oxygens (including phenoxy) is 1. The summed E-state index contributed by atoms with van der Waals surface area (Å²) in [4.78, 5) is 23.3. The molecule has 1 aromatic heterocycles. The smallest absolute Gasteiger partial charge is 0.406 e. The number of aldehydes is 1.